The number of hydrogen-bond acceptors (Lipinski definition) is 5. The normalized spacial score (nSPS) is 13.2. The van der Waals surface area contributed by atoms with Crippen LogP contribution in [0.15, 0.2) is 77.8 Å². The summed E-state index contributed by atoms with van der Waals surface area (Å²) in [7, 11) is 0. The van der Waals surface area contributed by atoms with Crippen molar-refractivity contribution in [2.75, 3.05) is 6.54 Å². The van der Waals surface area contributed by atoms with Gasteiger partial charge in [-0.05, 0) is 34.7 Å². The molecule has 0 aliphatic rings. The lowest BCUT2D eigenvalue weighted by atomic mass is 10.0. The van der Waals surface area contributed by atoms with E-state index in [0.717, 1.165) is 21.9 Å². The van der Waals surface area contributed by atoms with E-state index in [2.05, 4.69) is 20.9 Å². The van der Waals surface area contributed by atoms with Crippen LogP contribution in [0.4, 0.5) is 0 Å². The Kier molecular flexibility index (Phi) is 10.6. The predicted molar refractivity (Wildman–Crippen MR) is 158 cm³/mol. The molecule has 0 spiro atoms. The van der Waals surface area contributed by atoms with E-state index in [0.29, 0.717) is 6.42 Å². The molecule has 0 aromatic heterocycles. The van der Waals surface area contributed by atoms with Crippen LogP contribution in [0.3, 0.4) is 0 Å². The molecule has 0 aliphatic carbocycles. The van der Waals surface area contributed by atoms with Crippen LogP contribution in [0.2, 0.25) is 0 Å². The number of amides is 4. The maximum atomic E-state index is 13.4. The summed E-state index contributed by atoms with van der Waals surface area (Å²) >= 11 is 0. The number of aliphatic imine (C=N–C) groups is 1. The zero-order valence-electron chi connectivity index (χ0n) is 23.7. The van der Waals surface area contributed by atoms with Gasteiger partial charge in [-0.2, -0.15) is 0 Å². The van der Waals surface area contributed by atoms with E-state index < -0.39 is 48.7 Å². The highest BCUT2D eigenvalue weighted by Gasteiger charge is 2.29. The highest BCUT2D eigenvalue weighted by molar-refractivity contribution is 5.94. The molecule has 216 valence electrons. The van der Waals surface area contributed by atoms with Gasteiger partial charge in [0.1, 0.15) is 18.1 Å². The van der Waals surface area contributed by atoms with E-state index in [1.165, 1.54) is 0 Å². The van der Waals surface area contributed by atoms with Crippen LogP contribution in [0.1, 0.15) is 32.2 Å². The molecule has 0 bridgehead atoms. The van der Waals surface area contributed by atoms with Gasteiger partial charge in [0, 0.05) is 27.7 Å². The average Bonchev–Trinajstić information content (AvgIpc) is 2.98. The lowest BCUT2D eigenvalue weighted by Crippen LogP contribution is -2.57. The highest BCUT2D eigenvalue weighted by Crippen LogP contribution is 2.17. The van der Waals surface area contributed by atoms with Crippen LogP contribution in [0.25, 0.3) is 10.8 Å². The Morgan fingerprint density at radius 3 is 2.07 bits per heavy atom. The van der Waals surface area contributed by atoms with Gasteiger partial charge in [0.25, 0.3) is 0 Å². The summed E-state index contributed by atoms with van der Waals surface area (Å²) in [4.78, 5) is 55.1. The highest BCUT2D eigenvalue weighted by atomic mass is 16.2. The topological polar surface area (TPSA) is 195 Å². The summed E-state index contributed by atoms with van der Waals surface area (Å²) < 4.78 is 7.35. The number of carbonyl (C=O) groups is 4. The van der Waals surface area contributed by atoms with Crippen molar-refractivity contribution in [2.24, 2.45) is 22.2 Å². The van der Waals surface area contributed by atoms with Crippen LogP contribution >= 0.6 is 0 Å². The van der Waals surface area contributed by atoms with Crippen molar-refractivity contribution in [3.63, 3.8) is 0 Å². The van der Waals surface area contributed by atoms with E-state index >= 15 is 0 Å². The third kappa shape index (κ3) is 9.95. The van der Waals surface area contributed by atoms with Crippen molar-refractivity contribution < 1.29 is 20.5 Å². The van der Waals surface area contributed by atoms with Crippen LogP contribution in [-0.4, -0.2) is 54.3 Å². The van der Waals surface area contributed by atoms with Gasteiger partial charge >= 0.3 is 0 Å². The summed E-state index contributed by atoms with van der Waals surface area (Å²) in [5.41, 5.74) is 18.0. The SMILES string of the molecule is [2H]CC(=O)N[C@@H](Cc1ccccc1)C(=O)N[C@@H](CCCN=C(N)N)C(=O)N[C@@H](Cc1ccc2ccccc2c1)C(N)=O. The van der Waals surface area contributed by atoms with E-state index in [-0.39, 0.29) is 31.8 Å². The average molecular weight is 561 g/mol. The largest absolute Gasteiger partial charge is 0.370 e. The Morgan fingerprint density at radius 1 is 0.756 bits per heavy atom. The molecule has 0 heterocycles. The minimum absolute atomic E-state index is 0.106. The Bertz CT molecular complexity index is 1410. The molecule has 0 saturated heterocycles. The minimum atomic E-state index is -1.09. The number of fused-ring (bicyclic) bond motifs is 1. The van der Waals surface area contributed by atoms with Gasteiger partial charge in [-0.15, -0.1) is 0 Å². The third-order valence-electron chi connectivity index (χ3n) is 6.43. The van der Waals surface area contributed by atoms with Crippen LogP contribution < -0.4 is 33.2 Å². The number of carbonyl (C=O) groups excluding carboxylic acids is 4. The van der Waals surface area contributed by atoms with E-state index in [1.807, 2.05) is 48.5 Å². The molecule has 0 unspecified atom stereocenters. The lowest BCUT2D eigenvalue weighted by molar-refractivity contribution is -0.133. The Balaban J connectivity index is 1.78. The van der Waals surface area contributed by atoms with Crippen molar-refractivity contribution in [1.82, 2.24) is 16.0 Å². The first kappa shape index (κ1) is 29.1. The number of guanidine groups is 1. The molecule has 0 aliphatic heterocycles. The number of benzene rings is 3. The molecule has 41 heavy (non-hydrogen) atoms. The van der Waals surface area contributed by atoms with Gasteiger partial charge in [-0.25, -0.2) is 0 Å². The van der Waals surface area contributed by atoms with Crippen molar-refractivity contribution in [2.45, 2.75) is 50.7 Å². The van der Waals surface area contributed by atoms with Crippen molar-refractivity contribution >= 4 is 40.4 Å². The molecule has 0 radical (unpaired) electrons. The van der Waals surface area contributed by atoms with Gasteiger partial charge in [0.2, 0.25) is 23.6 Å². The van der Waals surface area contributed by atoms with Gasteiger partial charge in [-0.3, -0.25) is 24.2 Å². The monoisotopic (exact) mass is 560 g/mol. The molecule has 0 saturated carbocycles. The molecule has 3 aromatic carbocycles. The number of rotatable bonds is 14. The molecule has 3 aromatic rings. The fraction of sp³-hybridized carbons (Fsp3) is 0.300. The van der Waals surface area contributed by atoms with Crippen LogP contribution in [-0.2, 0) is 32.0 Å². The molecule has 0 fully saturated rings. The Hall–Kier alpha value is -4.93. The van der Waals surface area contributed by atoms with Gasteiger partial charge < -0.3 is 33.2 Å². The van der Waals surface area contributed by atoms with Crippen LogP contribution in [0.5, 0.6) is 0 Å². The second-order valence-electron chi connectivity index (χ2n) is 9.67. The van der Waals surface area contributed by atoms with Crippen molar-refractivity contribution in [1.29, 1.82) is 0 Å². The fourth-order valence-corrected chi connectivity index (χ4v) is 4.39. The number of nitrogens with two attached hydrogens (primary N) is 3. The van der Waals surface area contributed by atoms with Crippen LogP contribution in [0, 0.1) is 0 Å². The minimum Gasteiger partial charge on any atom is -0.370 e. The van der Waals surface area contributed by atoms with Gasteiger partial charge in [0.15, 0.2) is 5.96 Å². The zero-order chi connectivity index (χ0) is 30.5. The van der Waals surface area contributed by atoms with E-state index in [9.17, 15) is 19.2 Å². The number of nitrogens with zero attached hydrogens (tertiary/aromatic N) is 1. The maximum absolute atomic E-state index is 13.4. The summed E-state index contributed by atoms with van der Waals surface area (Å²) in [5, 5.41) is 9.94. The summed E-state index contributed by atoms with van der Waals surface area (Å²) in [6.45, 7) is -0.350. The second kappa shape index (κ2) is 15.0. The summed E-state index contributed by atoms with van der Waals surface area (Å²) in [5.74, 6) is -2.71. The Morgan fingerprint density at radius 2 is 1.39 bits per heavy atom. The smallest absolute Gasteiger partial charge is 0.243 e. The third-order valence-corrected chi connectivity index (χ3v) is 6.43. The first-order chi connectivity index (χ1) is 20.2. The quantitative estimate of drug-likeness (QED) is 0.0950. The molecule has 11 heteroatoms. The molecular formula is C30H37N7O4. The van der Waals surface area contributed by atoms with Crippen molar-refractivity contribution in [3.05, 3.63) is 83.9 Å². The zero-order valence-corrected chi connectivity index (χ0v) is 22.7. The van der Waals surface area contributed by atoms with E-state index in [1.54, 1.807) is 24.3 Å². The van der Waals surface area contributed by atoms with Gasteiger partial charge in [-0.1, -0.05) is 72.8 Å². The van der Waals surface area contributed by atoms with Crippen molar-refractivity contribution in [3.8, 4) is 0 Å². The molecule has 11 nitrogen and oxygen atoms in total. The first-order valence-corrected chi connectivity index (χ1v) is 13.2. The standard InChI is InChI=1S/C30H37N7O4/c1-19(38)35-26(17-20-8-3-2-4-9-20)29(41)36-24(12-7-15-34-30(32)33)28(40)37-25(27(31)39)18-21-13-14-22-10-5-6-11-23(22)16-21/h2-6,8-11,13-14,16,24-26H,7,12,15,17-18H2,1H3,(H2,31,39)(H,35,38)(H,36,41)(H,37,40)(H4,32,33,34)/t24-,25-,26-/m0/s1/i1D. The number of hydrogen-bond donors (Lipinski definition) is 6. The first-order valence-electron chi connectivity index (χ1n) is 13.9. The molecule has 3 rings (SSSR count). The molecule has 9 N–H and O–H groups in total. The fourth-order valence-electron chi connectivity index (χ4n) is 4.39. The maximum Gasteiger partial charge on any atom is 0.243 e. The number of primary amides is 1. The van der Waals surface area contributed by atoms with Gasteiger partial charge in [0.05, 0.1) is 0 Å². The molecule has 4 amide bonds. The summed E-state index contributed by atoms with van der Waals surface area (Å²) in [6, 6.07) is 19.3. The predicted octanol–water partition coefficient (Wildman–Crippen LogP) is 0.638. The molecular weight excluding hydrogens is 522 g/mol. The lowest BCUT2D eigenvalue weighted by Gasteiger charge is -2.25. The molecule has 3 atom stereocenters. The van der Waals surface area contributed by atoms with E-state index in [4.69, 9.17) is 18.6 Å². The Labute approximate surface area is 240 Å². The second-order valence-corrected chi connectivity index (χ2v) is 9.67. The summed E-state index contributed by atoms with van der Waals surface area (Å²) in [6.07, 6.45) is 0.772. The number of nitrogens with one attached hydrogen (secondary N) is 3.